The van der Waals surface area contributed by atoms with Crippen LogP contribution in [0.1, 0.15) is 56.8 Å². The van der Waals surface area contributed by atoms with Gasteiger partial charge in [-0.3, -0.25) is 4.79 Å². The molecule has 140 valence electrons. The molecule has 0 radical (unpaired) electrons. The van der Waals surface area contributed by atoms with Gasteiger partial charge in [-0.15, -0.1) is 0 Å². The number of fused-ring (bicyclic) bond motifs is 1. The maximum Gasteiger partial charge on any atom is 0.349 e. The van der Waals surface area contributed by atoms with Crippen LogP contribution in [-0.4, -0.2) is 25.0 Å². The van der Waals surface area contributed by atoms with E-state index < -0.39 is 5.63 Å². The zero-order chi connectivity index (χ0) is 18.7. The van der Waals surface area contributed by atoms with E-state index >= 15 is 0 Å². The molecule has 0 unspecified atom stereocenters. The third-order valence-corrected chi connectivity index (χ3v) is 5.52. The maximum atomic E-state index is 12.6. The van der Waals surface area contributed by atoms with Crippen LogP contribution in [0.4, 0.5) is 5.69 Å². The highest BCUT2D eigenvalue weighted by Gasteiger charge is 2.24. The van der Waals surface area contributed by atoms with E-state index in [0.29, 0.717) is 11.5 Å². The van der Waals surface area contributed by atoms with Gasteiger partial charge < -0.3 is 14.6 Å². The number of nitrogens with one attached hydrogen (secondary N) is 1. The summed E-state index contributed by atoms with van der Waals surface area (Å²) in [5.74, 6) is 0.115. The SMILES string of the molecule is CCN(CC)c1ccc2cc(C(=O)N[C@@H]3CCCC[C@H]3C)c(=O)oc2c1. The number of rotatable bonds is 5. The van der Waals surface area contributed by atoms with Gasteiger partial charge in [0.15, 0.2) is 0 Å². The molecule has 0 saturated heterocycles. The fourth-order valence-electron chi connectivity index (χ4n) is 3.82. The summed E-state index contributed by atoms with van der Waals surface area (Å²) in [4.78, 5) is 27.2. The molecule has 5 heteroatoms. The topological polar surface area (TPSA) is 62.6 Å². The van der Waals surface area contributed by atoms with Gasteiger partial charge >= 0.3 is 5.63 Å². The van der Waals surface area contributed by atoms with Gasteiger partial charge in [0.2, 0.25) is 0 Å². The van der Waals surface area contributed by atoms with E-state index in [1.807, 2.05) is 18.2 Å². The van der Waals surface area contributed by atoms with Gasteiger partial charge in [-0.1, -0.05) is 19.8 Å². The van der Waals surface area contributed by atoms with Gasteiger partial charge in [0.1, 0.15) is 11.1 Å². The molecule has 1 aromatic carbocycles. The summed E-state index contributed by atoms with van der Waals surface area (Å²) in [7, 11) is 0. The second-order valence-electron chi connectivity index (χ2n) is 7.18. The van der Waals surface area contributed by atoms with Crippen LogP contribution in [0.2, 0.25) is 0 Å². The summed E-state index contributed by atoms with van der Waals surface area (Å²) < 4.78 is 5.47. The summed E-state index contributed by atoms with van der Waals surface area (Å²) in [5, 5.41) is 3.80. The Morgan fingerprint density at radius 1 is 1.19 bits per heavy atom. The molecular weight excluding hydrogens is 328 g/mol. The second-order valence-corrected chi connectivity index (χ2v) is 7.18. The molecule has 2 atom stereocenters. The summed E-state index contributed by atoms with van der Waals surface area (Å²) in [6.45, 7) is 8.09. The zero-order valence-corrected chi connectivity index (χ0v) is 15.9. The van der Waals surface area contributed by atoms with Crippen LogP contribution in [0.3, 0.4) is 0 Å². The number of carbonyl (C=O) groups is 1. The molecule has 3 rings (SSSR count). The first-order chi connectivity index (χ1) is 12.5. The smallest absolute Gasteiger partial charge is 0.349 e. The van der Waals surface area contributed by atoms with E-state index in [-0.39, 0.29) is 17.5 Å². The Kier molecular flexibility index (Phi) is 5.64. The number of benzene rings is 1. The number of nitrogens with zero attached hydrogens (tertiary/aromatic N) is 1. The number of carbonyl (C=O) groups excluding carboxylic acids is 1. The fraction of sp³-hybridized carbons (Fsp3) is 0.524. The van der Waals surface area contributed by atoms with E-state index in [4.69, 9.17) is 4.42 Å². The van der Waals surface area contributed by atoms with Crippen molar-refractivity contribution < 1.29 is 9.21 Å². The number of hydrogen-bond acceptors (Lipinski definition) is 4. The molecule has 1 amide bonds. The summed E-state index contributed by atoms with van der Waals surface area (Å²) in [6.07, 6.45) is 4.42. The molecule has 5 nitrogen and oxygen atoms in total. The first kappa shape index (κ1) is 18.5. The van der Waals surface area contributed by atoms with E-state index in [9.17, 15) is 9.59 Å². The maximum absolute atomic E-state index is 12.6. The Labute approximate surface area is 154 Å². The standard InChI is InChI=1S/C21H28N2O3/c1-4-23(5-2)16-11-10-15-12-17(21(25)26-19(15)13-16)20(24)22-18-9-7-6-8-14(18)3/h10-14,18H,4-9H2,1-3H3,(H,22,24)/t14-,18-/m1/s1. The highest BCUT2D eigenvalue weighted by atomic mass is 16.4. The molecule has 1 aliphatic carbocycles. The van der Waals surface area contributed by atoms with Gasteiger partial charge in [0.25, 0.3) is 5.91 Å². The molecule has 1 fully saturated rings. The monoisotopic (exact) mass is 356 g/mol. The number of anilines is 1. The third kappa shape index (κ3) is 3.76. The Morgan fingerprint density at radius 2 is 1.92 bits per heavy atom. The van der Waals surface area contributed by atoms with Crippen LogP contribution in [0.25, 0.3) is 11.0 Å². The lowest BCUT2D eigenvalue weighted by Gasteiger charge is -2.29. The Hall–Kier alpha value is -2.30. The van der Waals surface area contributed by atoms with Crippen LogP contribution in [-0.2, 0) is 0 Å². The van der Waals surface area contributed by atoms with Crippen LogP contribution >= 0.6 is 0 Å². The van der Waals surface area contributed by atoms with Crippen LogP contribution in [0.5, 0.6) is 0 Å². The van der Waals surface area contributed by atoms with Gasteiger partial charge in [0.05, 0.1) is 0 Å². The molecule has 2 aromatic rings. The normalized spacial score (nSPS) is 20.1. The van der Waals surface area contributed by atoms with E-state index in [0.717, 1.165) is 43.4 Å². The zero-order valence-electron chi connectivity index (χ0n) is 15.9. The van der Waals surface area contributed by atoms with Crippen molar-refractivity contribution in [2.24, 2.45) is 5.92 Å². The Bertz CT molecular complexity index is 839. The van der Waals surface area contributed by atoms with Gasteiger partial charge in [-0.2, -0.15) is 0 Å². The molecule has 0 aliphatic heterocycles. The van der Waals surface area contributed by atoms with Crippen LogP contribution in [0.15, 0.2) is 33.5 Å². The van der Waals surface area contributed by atoms with Crippen molar-refractivity contribution in [1.82, 2.24) is 5.32 Å². The van der Waals surface area contributed by atoms with Crippen molar-refractivity contribution in [2.75, 3.05) is 18.0 Å². The first-order valence-electron chi connectivity index (χ1n) is 9.67. The minimum Gasteiger partial charge on any atom is -0.422 e. The predicted molar refractivity (Wildman–Crippen MR) is 105 cm³/mol. The van der Waals surface area contributed by atoms with Gasteiger partial charge in [-0.05, 0) is 50.8 Å². The lowest BCUT2D eigenvalue weighted by Crippen LogP contribution is -2.42. The summed E-state index contributed by atoms with van der Waals surface area (Å²) in [6, 6.07) is 7.56. The fourth-order valence-corrected chi connectivity index (χ4v) is 3.82. The molecule has 0 bridgehead atoms. The van der Waals surface area contributed by atoms with Crippen LogP contribution in [0, 0.1) is 5.92 Å². The number of hydrogen-bond donors (Lipinski definition) is 1. The second kappa shape index (κ2) is 7.94. The number of amides is 1. The van der Waals surface area contributed by atoms with Crippen molar-refractivity contribution >= 4 is 22.6 Å². The molecule has 26 heavy (non-hydrogen) atoms. The summed E-state index contributed by atoms with van der Waals surface area (Å²) in [5.41, 5.74) is 1.04. The molecule has 1 heterocycles. The molecule has 1 saturated carbocycles. The predicted octanol–water partition coefficient (Wildman–Crippen LogP) is 3.95. The minimum absolute atomic E-state index is 0.0888. The Morgan fingerprint density at radius 3 is 2.62 bits per heavy atom. The third-order valence-electron chi connectivity index (χ3n) is 5.52. The lowest BCUT2D eigenvalue weighted by atomic mass is 9.86. The quantitative estimate of drug-likeness (QED) is 0.824. The van der Waals surface area contributed by atoms with Gasteiger partial charge in [0, 0.05) is 36.3 Å². The van der Waals surface area contributed by atoms with Crippen molar-refractivity contribution in [2.45, 2.75) is 52.5 Å². The van der Waals surface area contributed by atoms with Crippen molar-refractivity contribution in [3.05, 3.63) is 40.2 Å². The largest absolute Gasteiger partial charge is 0.422 e. The van der Waals surface area contributed by atoms with E-state index in [1.165, 1.54) is 6.42 Å². The highest BCUT2D eigenvalue weighted by Crippen LogP contribution is 2.25. The van der Waals surface area contributed by atoms with Crippen molar-refractivity contribution in [3.8, 4) is 0 Å². The van der Waals surface area contributed by atoms with Crippen LogP contribution < -0.4 is 15.8 Å². The molecule has 1 aromatic heterocycles. The van der Waals surface area contributed by atoms with Crippen molar-refractivity contribution in [3.63, 3.8) is 0 Å². The van der Waals surface area contributed by atoms with Crippen molar-refractivity contribution in [1.29, 1.82) is 0 Å². The first-order valence-corrected chi connectivity index (χ1v) is 9.67. The molecule has 1 N–H and O–H groups in total. The average molecular weight is 356 g/mol. The lowest BCUT2D eigenvalue weighted by molar-refractivity contribution is 0.0906. The van der Waals surface area contributed by atoms with Gasteiger partial charge in [-0.25, -0.2) is 4.79 Å². The highest BCUT2D eigenvalue weighted by molar-refractivity contribution is 5.97. The molecule has 1 aliphatic rings. The Balaban J connectivity index is 1.87. The average Bonchev–Trinajstić information content (AvgIpc) is 2.64. The molecular formula is C21H28N2O3. The summed E-state index contributed by atoms with van der Waals surface area (Å²) >= 11 is 0. The minimum atomic E-state index is -0.574. The van der Waals surface area contributed by atoms with E-state index in [2.05, 4.69) is 31.0 Å². The molecule has 0 spiro atoms. The van der Waals surface area contributed by atoms with E-state index in [1.54, 1.807) is 6.07 Å².